The second-order valence-corrected chi connectivity index (χ2v) is 6.48. The molecular formula is C13H22N+. The van der Waals surface area contributed by atoms with Crippen LogP contribution >= 0.6 is 0 Å². The lowest BCUT2D eigenvalue weighted by molar-refractivity contribution is -0.900. The highest BCUT2D eigenvalue weighted by atomic mass is 15.3. The summed E-state index contributed by atoms with van der Waals surface area (Å²) in [7, 11) is 7.13. The Morgan fingerprint density at radius 3 is 2.57 bits per heavy atom. The fourth-order valence-electron chi connectivity index (χ4n) is 4.41. The van der Waals surface area contributed by atoms with E-state index in [1.165, 1.54) is 23.7 Å². The average Bonchev–Trinajstić information content (AvgIpc) is 2.74. The molecule has 2 fully saturated rings. The molecule has 0 amide bonds. The van der Waals surface area contributed by atoms with Crippen molar-refractivity contribution in [3.8, 4) is 0 Å². The van der Waals surface area contributed by atoms with Crippen molar-refractivity contribution in [3.05, 3.63) is 12.2 Å². The summed E-state index contributed by atoms with van der Waals surface area (Å²) < 4.78 is 1.18. The zero-order valence-corrected chi connectivity index (χ0v) is 9.61. The predicted octanol–water partition coefficient (Wildman–Crippen LogP) is 2.29. The maximum absolute atomic E-state index is 2.52. The fraction of sp³-hybridized carbons (Fsp3) is 0.846. The van der Waals surface area contributed by atoms with Crippen molar-refractivity contribution in [2.75, 3.05) is 21.1 Å². The molecule has 0 aromatic rings. The summed E-state index contributed by atoms with van der Waals surface area (Å²) in [4.78, 5) is 0. The molecule has 0 spiro atoms. The second-order valence-electron chi connectivity index (χ2n) is 6.48. The van der Waals surface area contributed by atoms with E-state index in [1.54, 1.807) is 0 Å². The summed E-state index contributed by atoms with van der Waals surface area (Å²) in [5, 5.41) is 0. The summed E-state index contributed by atoms with van der Waals surface area (Å²) in [6.45, 7) is 0. The van der Waals surface area contributed by atoms with Gasteiger partial charge in [0.15, 0.2) is 0 Å². The molecule has 1 heteroatoms. The predicted molar refractivity (Wildman–Crippen MR) is 58.8 cm³/mol. The number of hydrogen-bond donors (Lipinski definition) is 0. The van der Waals surface area contributed by atoms with E-state index in [2.05, 4.69) is 33.3 Å². The molecule has 5 atom stereocenters. The Morgan fingerprint density at radius 2 is 1.86 bits per heavy atom. The first-order chi connectivity index (χ1) is 6.57. The quantitative estimate of drug-likeness (QED) is 0.442. The van der Waals surface area contributed by atoms with Crippen LogP contribution in [0.3, 0.4) is 0 Å². The van der Waals surface area contributed by atoms with Gasteiger partial charge in [0, 0.05) is 12.3 Å². The van der Waals surface area contributed by atoms with Crippen LogP contribution in [0, 0.1) is 23.7 Å². The minimum Gasteiger partial charge on any atom is -0.328 e. The van der Waals surface area contributed by atoms with E-state index in [0.717, 1.165) is 29.7 Å². The monoisotopic (exact) mass is 192 g/mol. The van der Waals surface area contributed by atoms with Crippen molar-refractivity contribution in [3.63, 3.8) is 0 Å². The smallest absolute Gasteiger partial charge is 0.0918 e. The molecule has 0 radical (unpaired) electrons. The van der Waals surface area contributed by atoms with Gasteiger partial charge >= 0.3 is 0 Å². The van der Waals surface area contributed by atoms with Crippen LogP contribution in [0.5, 0.6) is 0 Å². The third-order valence-corrected chi connectivity index (χ3v) is 4.96. The van der Waals surface area contributed by atoms with E-state index in [0.29, 0.717) is 0 Å². The zero-order valence-electron chi connectivity index (χ0n) is 9.61. The maximum atomic E-state index is 2.52. The summed E-state index contributed by atoms with van der Waals surface area (Å²) in [6, 6.07) is 0.946. The third-order valence-electron chi connectivity index (χ3n) is 4.96. The lowest BCUT2D eigenvalue weighted by Gasteiger charge is -2.40. The minimum absolute atomic E-state index is 0.946. The van der Waals surface area contributed by atoms with Gasteiger partial charge in [-0.25, -0.2) is 0 Å². The first-order valence-corrected chi connectivity index (χ1v) is 6.05. The van der Waals surface area contributed by atoms with Crippen LogP contribution in [-0.4, -0.2) is 31.7 Å². The van der Waals surface area contributed by atoms with Gasteiger partial charge in [-0.3, -0.25) is 0 Å². The molecule has 0 aliphatic heterocycles. The zero-order chi connectivity index (χ0) is 9.92. The largest absolute Gasteiger partial charge is 0.328 e. The molecule has 0 aromatic carbocycles. The normalized spacial score (nSPS) is 50.1. The van der Waals surface area contributed by atoms with Crippen molar-refractivity contribution in [1.29, 1.82) is 0 Å². The number of rotatable bonds is 1. The van der Waals surface area contributed by atoms with Crippen LogP contribution in [0.4, 0.5) is 0 Å². The lowest BCUT2D eigenvalue weighted by atomic mass is 9.78. The van der Waals surface area contributed by atoms with Crippen LogP contribution in [-0.2, 0) is 0 Å². The highest BCUT2D eigenvalue weighted by Crippen LogP contribution is 2.58. The molecule has 78 valence electrons. The van der Waals surface area contributed by atoms with Crippen molar-refractivity contribution in [1.82, 2.24) is 0 Å². The van der Waals surface area contributed by atoms with Gasteiger partial charge in [-0.15, -0.1) is 0 Å². The van der Waals surface area contributed by atoms with Gasteiger partial charge in [0.05, 0.1) is 27.2 Å². The number of allylic oxidation sites excluding steroid dienone is 2. The van der Waals surface area contributed by atoms with Crippen LogP contribution in [0.15, 0.2) is 12.2 Å². The summed E-state index contributed by atoms with van der Waals surface area (Å²) in [5.74, 6) is 4.06. The van der Waals surface area contributed by atoms with Crippen molar-refractivity contribution in [2.45, 2.75) is 25.3 Å². The first kappa shape index (κ1) is 8.96. The average molecular weight is 192 g/mol. The van der Waals surface area contributed by atoms with Gasteiger partial charge in [0.2, 0.25) is 0 Å². The van der Waals surface area contributed by atoms with E-state index in [1.807, 2.05) is 0 Å². The van der Waals surface area contributed by atoms with E-state index in [-0.39, 0.29) is 0 Å². The third kappa shape index (κ3) is 1.05. The Labute approximate surface area is 87.4 Å². The molecule has 1 nitrogen and oxygen atoms in total. The van der Waals surface area contributed by atoms with E-state index in [9.17, 15) is 0 Å². The molecule has 3 aliphatic rings. The molecule has 14 heavy (non-hydrogen) atoms. The Hall–Kier alpha value is -0.300. The van der Waals surface area contributed by atoms with Gasteiger partial charge < -0.3 is 4.48 Å². The standard InChI is InChI=1S/C13H22N/c1-14(2,3)13-8-9-7-12(13)11-6-4-5-10(9)11/h4-5,9-13H,6-8H2,1-3H3/q+1. The summed E-state index contributed by atoms with van der Waals surface area (Å²) in [5.41, 5.74) is 0. The topological polar surface area (TPSA) is 0 Å². The SMILES string of the molecule is C[N+](C)(C)C1CC2CC1C1CC=CC21. The van der Waals surface area contributed by atoms with Crippen molar-refractivity contribution < 1.29 is 4.48 Å². The molecule has 3 aliphatic carbocycles. The number of quaternary nitrogens is 1. The van der Waals surface area contributed by atoms with Gasteiger partial charge in [-0.05, 0) is 30.6 Å². The Kier molecular flexibility index (Phi) is 1.69. The number of hydrogen-bond acceptors (Lipinski definition) is 0. The highest BCUT2D eigenvalue weighted by molar-refractivity contribution is 5.14. The maximum Gasteiger partial charge on any atom is 0.0918 e. The molecule has 3 rings (SSSR count). The molecule has 2 bridgehead atoms. The van der Waals surface area contributed by atoms with E-state index < -0.39 is 0 Å². The van der Waals surface area contributed by atoms with Crippen molar-refractivity contribution >= 4 is 0 Å². The van der Waals surface area contributed by atoms with Crippen LogP contribution in [0.25, 0.3) is 0 Å². The Bertz CT molecular complexity index is 273. The first-order valence-electron chi connectivity index (χ1n) is 6.05. The molecule has 0 N–H and O–H groups in total. The van der Waals surface area contributed by atoms with E-state index >= 15 is 0 Å². The summed E-state index contributed by atoms with van der Waals surface area (Å²) >= 11 is 0. The van der Waals surface area contributed by atoms with Gasteiger partial charge in [-0.2, -0.15) is 0 Å². The second kappa shape index (κ2) is 2.63. The summed E-state index contributed by atoms with van der Waals surface area (Å²) in [6.07, 6.45) is 9.34. The van der Waals surface area contributed by atoms with Crippen LogP contribution in [0.1, 0.15) is 19.3 Å². The van der Waals surface area contributed by atoms with Crippen LogP contribution < -0.4 is 0 Å². The highest BCUT2D eigenvalue weighted by Gasteiger charge is 2.56. The van der Waals surface area contributed by atoms with E-state index in [4.69, 9.17) is 0 Å². The lowest BCUT2D eigenvalue weighted by Crippen LogP contribution is -2.50. The number of fused-ring (bicyclic) bond motifs is 5. The molecule has 2 saturated carbocycles. The van der Waals surface area contributed by atoms with Gasteiger partial charge in [-0.1, -0.05) is 12.2 Å². The molecule has 5 unspecified atom stereocenters. The minimum atomic E-state index is 0.946. The van der Waals surface area contributed by atoms with Gasteiger partial charge in [0.25, 0.3) is 0 Å². The Balaban J connectivity index is 1.85. The molecule has 0 saturated heterocycles. The molecule has 0 heterocycles. The molecule has 0 aromatic heterocycles. The Morgan fingerprint density at radius 1 is 1.07 bits per heavy atom. The van der Waals surface area contributed by atoms with Gasteiger partial charge in [0.1, 0.15) is 0 Å². The van der Waals surface area contributed by atoms with Crippen molar-refractivity contribution in [2.24, 2.45) is 23.7 Å². The number of nitrogens with zero attached hydrogens (tertiary/aromatic N) is 1. The van der Waals surface area contributed by atoms with Crippen LogP contribution in [0.2, 0.25) is 0 Å². The fourth-order valence-corrected chi connectivity index (χ4v) is 4.41. The molecular weight excluding hydrogens is 170 g/mol.